The summed E-state index contributed by atoms with van der Waals surface area (Å²) in [5.74, 6) is 0.742. The van der Waals surface area contributed by atoms with Crippen LogP contribution in [0.3, 0.4) is 0 Å². The van der Waals surface area contributed by atoms with Crippen LogP contribution in [-0.2, 0) is 0 Å². The highest BCUT2D eigenvalue weighted by Gasteiger charge is 2.05. The molecule has 0 bridgehead atoms. The van der Waals surface area contributed by atoms with Gasteiger partial charge in [-0.3, -0.25) is 4.98 Å². The van der Waals surface area contributed by atoms with E-state index in [1.54, 1.807) is 49.8 Å². The van der Waals surface area contributed by atoms with Crippen molar-refractivity contribution in [3.05, 3.63) is 60.7 Å². The van der Waals surface area contributed by atoms with E-state index in [1.807, 2.05) is 0 Å². The van der Waals surface area contributed by atoms with E-state index in [2.05, 4.69) is 20.3 Å². The van der Waals surface area contributed by atoms with E-state index >= 15 is 0 Å². The van der Waals surface area contributed by atoms with Gasteiger partial charge in [-0.1, -0.05) is 6.07 Å². The average molecular weight is 296 g/mol. The molecule has 0 saturated carbocycles. The minimum Gasteiger partial charge on any atom is -0.497 e. The van der Waals surface area contributed by atoms with Crippen molar-refractivity contribution in [1.82, 2.24) is 15.0 Å². The van der Waals surface area contributed by atoms with Crippen molar-refractivity contribution in [2.75, 3.05) is 12.4 Å². The second kappa shape index (κ2) is 6.17. The zero-order chi connectivity index (χ0) is 15.4. The van der Waals surface area contributed by atoms with Crippen LogP contribution < -0.4 is 10.1 Å². The lowest BCUT2D eigenvalue weighted by Crippen LogP contribution is -1.99. The molecule has 0 saturated heterocycles. The van der Waals surface area contributed by atoms with E-state index < -0.39 is 0 Å². The van der Waals surface area contributed by atoms with Crippen LogP contribution >= 0.6 is 0 Å². The van der Waals surface area contributed by atoms with E-state index in [0.29, 0.717) is 28.8 Å². The van der Waals surface area contributed by atoms with Crippen LogP contribution in [0.5, 0.6) is 5.75 Å². The average Bonchev–Trinajstić information content (AvgIpc) is 2.55. The predicted molar refractivity (Wildman–Crippen MR) is 81.5 cm³/mol. The fourth-order valence-corrected chi connectivity index (χ4v) is 1.94. The minimum absolute atomic E-state index is 0.324. The van der Waals surface area contributed by atoms with Crippen molar-refractivity contribution in [2.24, 2.45) is 0 Å². The summed E-state index contributed by atoms with van der Waals surface area (Å²) in [6.07, 6.45) is 3.26. The van der Waals surface area contributed by atoms with Gasteiger partial charge in [-0.05, 0) is 30.3 Å². The number of ether oxygens (including phenoxy) is 1. The summed E-state index contributed by atoms with van der Waals surface area (Å²) < 4.78 is 18.4. The van der Waals surface area contributed by atoms with Crippen molar-refractivity contribution in [3.8, 4) is 17.1 Å². The number of rotatable bonds is 4. The highest BCUT2D eigenvalue weighted by molar-refractivity contribution is 5.59. The normalized spacial score (nSPS) is 10.3. The lowest BCUT2D eigenvalue weighted by atomic mass is 10.2. The van der Waals surface area contributed by atoms with Crippen LogP contribution in [0.1, 0.15) is 0 Å². The van der Waals surface area contributed by atoms with Gasteiger partial charge in [-0.2, -0.15) is 0 Å². The molecule has 22 heavy (non-hydrogen) atoms. The van der Waals surface area contributed by atoms with Crippen molar-refractivity contribution in [1.29, 1.82) is 0 Å². The van der Waals surface area contributed by atoms with Gasteiger partial charge in [0.05, 0.1) is 18.5 Å². The Morgan fingerprint density at radius 3 is 2.68 bits per heavy atom. The molecule has 110 valence electrons. The monoisotopic (exact) mass is 296 g/mol. The Morgan fingerprint density at radius 1 is 1.00 bits per heavy atom. The number of methoxy groups -OCH3 is 1. The van der Waals surface area contributed by atoms with E-state index in [1.165, 1.54) is 12.1 Å². The molecule has 0 fully saturated rings. The lowest BCUT2D eigenvalue weighted by molar-refractivity contribution is 0.414. The maximum Gasteiger partial charge on any atom is 0.227 e. The molecular formula is C16H13FN4O. The SMILES string of the molecule is COc1ccnc(-c2ccnc(Nc3cccc(F)c3)n2)c1. The molecule has 0 aliphatic rings. The van der Waals surface area contributed by atoms with Gasteiger partial charge in [0.2, 0.25) is 5.95 Å². The molecule has 5 nitrogen and oxygen atoms in total. The fourth-order valence-electron chi connectivity index (χ4n) is 1.94. The number of pyridine rings is 1. The molecule has 3 aromatic rings. The van der Waals surface area contributed by atoms with Crippen molar-refractivity contribution < 1.29 is 9.13 Å². The number of benzene rings is 1. The van der Waals surface area contributed by atoms with Crippen LogP contribution in [0.2, 0.25) is 0 Å². The molecule has 2 aromatic heterocycles. The number of hydrogen-bond donors (Lipinski definition) is 1. The quantitative estimate of drug-likeness (QED) is 0.799. The first-order valence-electron chi connectivity index (χ1n) is 6.60. The molecule has 0 aliphatic carbocycles. The van der Waals surface area contributed by atoms with E-state index in [-0.39, 0.29) is 5.82 Å². The Kier molecular flexibility index (Phi) is 3.91. The third-order valence-electron chi connectivity index (χ3n) is 2.97. The summed E-state index contributed by atoms with van der Waals surface area (Å²) in [7, 11) is 1.59. The highest BCUT2D eigenvalue weighted by atomic mass is 19.1. The summed E-state index contributed by atoms with van der Waals surface area (Å²) in [4.78, 5) is 12.8. The molecule has 6 heteroatoms. The molecule has 0 spiro atoms. The Labute approximate surface area is 126 Å². The van der Waals surface area contributed by atoms with Gasteiger partial charge in [-0.25, -0.2) is 14.4 Å². The standard InChI is InChI=1S/C16H13FN4O/c1-22-13-5-7-18-15(10-13)14-6-8-19-16(21-14)20-12-4-2-3-11(17)9-12/h2-10H,1H3,(H,19,20,21). The molecule has 1 aromatic carbocycles. The smallest absolute Gasteiger partial charge is 0.227 e. The second-order valence-electron chi connectivity index (χ2n) is 4.48. The highest BCUT2D eigenvalue weighted by Crippen LogP contribution is 2.21. The fraction of sp³-hybridized carbons (Fsp3) is 0.0625. The Balaban J connectivity index is 1.89. The van der Waals surface area contributed by atoms with Crippen LogP contribution in [0, 0.1) is 5.82 Å². The number of nitrogens with one attached hydrogen (secondary N) is 1. The summed E-state index contributed by atoms with van der Waals surface area (Å²) in [5.41, 5.74) is 1.90. The Hall–Kier alpha value is -3.02. The number of nitrogens with zero attached hydrogens (tertiary/aromatic N) is 3. The van der Waals surface area contributed by atoms with Crippen molar-refractivity contribution in [2.45, 2.75) is 0 Å². The molecule has 0 amide bonds. The number of anilines is 2. The van der Waals surface area contributed by atoms with Gasteiger partial charge < -0.3 is 10.1 Å². The lowest BCUT2D eigenvalue weighted by Gasteiger charge is -2.07. The first-order chi connectivity index (χ1) is 10.7. The summed E-state index contributed by atoms with van der Waals surface area (Å²) >= 11 is 0. The maximum atomic E-state index is 13.2. The Morgan fingerprint density at radius 2 is 1.86 bits per heavy atom. The van der Waals surface area contributed by atoms with Crippen LogP contribution in [0.4, 0.5) is 16.0 Å². The molecule has 2 heterocycles. The van der Waals surface area contributed by atoms with Gasteiger partial charge >= 0.3 is 0 Å². The van der Waals surface area contributed by atoms with Gasteiger partial charge in [0.15, 0.2) is 0 Å². The first kappa shape index (κ1) is 13.9. The van der Waals surface area contributed by atoms with Gasteiger partial charge in [-0.15, -0.1) is 0 Å². The van der Waals surface area contributed by atoms with Gasteiger partial charge in [0.1, 0.15) is 11.6 Å². The van der Waals surface area contributed by atoms with Gasteiger partial charge in [0.25, 0.3) is 0 Å². The molecule has 0 atom stereocenters. The summed E-state index contributed by atoms with van der Waals surface area (Å²) in [6, 6.07) is 11.4. The van der Waals surface area contributed by atoms with Gasteiger partial charge in [0, 0.05) is 24.1 Å². The summed E-state index contributed by atoms with van der Waals surface area (Å²) in [5, 5.41) is 2.96. The molecule has 3 rings (SSSR count). The largest absolute Gasteiger partial charge is 0.497 e. The number of hydrogen-bond acceptors (Lipinski definition) is 5. The topological polar surface area (TPSA) is 59.9 Å². The Bertz CT molecular complexity index is 794. The molecular weight excluding hydrogens is 283 g/mol. The van der Waals surface area contributed by atoms with E-state index in [0.717, 1.165) is 0 Å². The third-order valence-corrected chi connectivity index (χ3v) is 2.97. The zero-order valence-electron chi connectivity index (χ0n) is 11.8. The predicted octanol–water partition coefficient (Wildman–Crippen LogP) is 3.43. The number of halogens is 1. The summed E-state index contributed by atoms with van der Waals surface area (Å²) in [6.45, 7) is 0. The molecule has 0 aliphatic heterocycles. The molecule has 0 unspecified atom stereocenters. The maximum absolute atomic E-state index is 13.2. The molecule has 0 radical (unpaired) electrons. The minimum atomic E-state index is -0.324. The first-order valence-corrected chi connectivity index (χ1v) is 6.60. The van der Waals surface area contributed by atoms with Crippen LogP contribution in [0.15, 0.2) is 54.9 Å². The second-order valence-corrected chi connectivity index (χ2v) is 4.48. The van der Waals surface area contributed by atoms with Crippen LogP contribution in [0.25, 0.3) is 11.4 Å². The van der Waals surface area contributed by atoms with E-state index in [9.17, 15) is 4.39 Å². The molecule has 1 N–H and O–H groups in total. The number of aromatic nitrogens is 3. The zero-order valence-corrected chi connectivity index (χ0v) is 11.8. The van der Waals surface area contributed by atoms with E-state index in [4.69, 9.17) is 4.74 Å². The van der Waals surface area contributed by atoms with Crippen molar-refractivity contribution in [3.63, 3.8) is 0 Å². The third kappa shape index (κ3) is 3.17. The van der Waals surface area contributed by atoms with Crippen molar-refractivity contribution >= 4 is 11.6 Å². The van der Waals surface area contributed by atoms with Crippen LogP contribution in [-0.4, -0.2) is 22.1 Å².